The van der Waals surface area contributed by atoms with Crippen molar-refractivity contribution in [2.75, 3.05) is 5.75 Å². The average Bonchev–Trinajstić information content (AvgIpc) is 2.48. The first-order chi connectivity index (χ1) is 10.5. The summed E-state index contributed by atoms with van der Waals surface area (Å²) in [5.41, 5.74) is 0.932. The smallest absolute Gasteiger partial charge is 0.207 e. The molecule has 0 saturated heterocycles. The number of halogens is 2. The van der Waals surface area contributed by atoms with E-state index >= 15 is 0 Å². The second-order valence-electron chi connectivity index (χ2n) is 4.95. The minimum atomic E-state index is -3.59. The Hall–Kier alpha value is -0.720. The number of hydrogen-bond donors (Lipinski definition) is 1. The Morgan fingerprint density at radius 1 is 1.05 bits per heavy atom. The molecule has 0 aliphatic carbocycles. The van der Waals surface area contributed by atoms with Gasteiger partial charge in [0.1, 0.15) is 0 Å². The monoisotopic (exact) mass is 373 g/mol. The third-order valence-electron chi connectivity index (χ3n) is 3.43. The largest absolute Gasteiger partial charge is 0.241 e. The zero-order valence-electron chi connectivity index (χ0n) is 11.4. The van der Waals surface area contributed by atoms with Crippen LogP contribution in [0, 0.1) is 0 Å². The molecular weight excluding hydrogens is 361 g/mol. The third kappa shape index (κ3) is 3.44. The average molecular weight is 374 g/mol. The lowest BCUT2D eigenvalue weighted by molar-refractivity contribution is 0.546. The quantitative estimate of drug-likeness (QED) is 0.860. The fourth-order valence-corrected chi connectivity index (χ4v) is 5.02. The summed E-state index contributed by atoms with van der Waals surface area (Å²) in [6.07, 6.45) is 0.727. The number of benzene rings is 2. The molecule has 116 valence electrons. The Bertz CT molecular complexity index is 792. The lowest BCUT2D eigenvalue weighted by atomic mass is 10.1. The number of fused-ring (bicyclic) bond motifs is 1. The molecule has 1 unspecified atom stereocenters. The van der Waals surface area contributed by atoms with E-state index in [0.29, 0.717) is 10.0 Å². The molecule has 1 aliphatic rings. The Balaban J connectivity index is 1.91. The van der Waals surface area contributed by atoms with Gasteiger partial charge in [-0.2, -0.15) is 0 Å². The van der Waals surface area contributed by atoms with E-state index in [4.69, 9.17) is 23.2 Å². The zero-order chi connectivity index (χ0) is 15.7. The second-order valence-corrected chi connectivity index (χ2v) is 8.67. The fraction of sp³-hybridized carbons (Fsp3) is 0.200. The second kappa shape index (κ2) is 6.42. The van der Waals surface area contributed by atoms with Gasteiger partial charge < -0.3 is 0 Å². The predicted molar refractivity (Wildman–Crippen MR) is 91.3 cm³/mol. The normalized spacial score (nSPS) is 18.0. The van der Waals surface area contributed by atoms with Crippen LogP contribution in [0.25, 0.3) is 0 Å². The molecule has 0 saturated carbocycles. The summed E-state index contributed by atoms with van der Waals surface area (Å²) in [4.78, 5) is 1.28. The summed E-state index contributed by atoms with van der Waals surface area (Å²) in [6, 6.07) is 11.5. The minimum Gasteiger partial charge on any atom is -0.207 e. The van der Waals surface area contributed by atoms with E-state index in [9.17, 15) is 8.42 Å². The highest BCUT2D eigenvalue weighted by molar-refractivity contribution is 7.99. The highest BCUT2D eigenvalue weighted by Gasteiger charge is 2.26. The molecule has 3 rings (SSSR count). The number of rotatable bonds is 3. The van der Waals surface area contributed by atoms with Crippen molar-refractivity contribution in [3.8, 4) is 0 Å². The van der Waals surface area contributed by atoms with Gasteiger partial charge in [0.15, 0.2) is 0 Å². The molecular formula is C15H13Cl2NO2S2. The lowest BCUT2D eigenvalue weighted by Crippen LogP contribution is -2.30. The van der Waals surface area contributed by atoms with Crippen LogP contribution in [0.15, 0.2) is 52.3 Å². The van der Waals surface area contributed by atoms with Crippen molar-refractivity contribution >= 4 is 45.0 Å². The molecule has 0 fully saturated rings. The van der Waals surface area contributed by atoms with E-state index < -0.39 is 10.0 Å². The molecule has 0 bridgehead atoms. The summed E-state index contributed by atoms with van der Waals surface area (Å²) in [5.74, 6) is 0.864. The molecule has 1 heterocycles. The van der Waals surface area contributed by atoms with Gasteiger partial charge in [-0.3, -0.25) is 0 Å². The predicted octanol–water partition coefficient (Wildman–Crippen LogP) is 4.51. The molecule has 2 aromatic rings. The van der Waals surface area contributed by atoms with Gasteiger partial charge in [-0.25, -0.2) is 13.1 Å². The first-order valence-electron chi connectivity index (χ1n) is 6.66. The molecule has 0 radical (unpaired) electrons. The van der Waals surface area contributed by atoms with Crippen LogP contribution in [0.1, 0.15) is 18.0 Å². The standard InChI is InChI=1S/C15H13Cl2NO2S2/c16-10-1-4-12(5-2-10)22(19,20)18-14-7-8-21-15-6-3-11(17)9-13(14)15/h1-6,9,14,18H,7-8H2. The summed E-state index contributed by atoms with van der Waals surface area (Å²) < 4.78 is 27.8. The topological polar surface area (TPSA) is 46.2 Å². The van der Waals surface area contributed by atoms with E-state index in [2.05, 4.69) is 4.72 Å². The van der Waals surface area contributed by atoms with Gasteiger partial charge in [0.25, 0.3) is 0 Å². The van der Waals surface area contributed by atoms with Crippen molar-refractivity contribution < 1.29 is 8.42 Å². The Morgan fingerprint density at radius 3 is 2.45 bits per heavy atom. The van der Waals surface area contributed by atoms with Crippen LogP contribution >= 0.6 is 35.0 Å². The zero-order valence-corrected chi connectivity index (χ0v) is 14.6. The van der Waals surface area contributed by atoms with Gasteiger partial charge in [-0.15, -0.1) is 11.8 Å². The molecule has 1 atom stereocenters. The van der Waals surface area contributed by atoms with Crippen molar-refractivity contribution in [3.05, 3.63) is 58.1 Å². The summed E-state index contributed by atoms with van der Waals surface area (Å²) in [5, 5.41) is 1.11. The van der Waals surface area contributed by atoms with Gasteiger partial charge in [-0.1, -0.05) is 23.2 Å². The SMILES string of the molecule is O=S(=O)(NC1CCSc2ccc(Cl)cc21)c1ccc(Cl)cc1. The molecule has 1 aliphatic heterocycles. The summed E-state index contributed by atoms with van der Waals surface area (Å²) >= 11 is 13.6. The Labute approximate surface area is 144 Å². The number of thioether (sulfide) groups is 1. The summed E-state index contributed by atoms with van der Waals surface area (Å²) in [6.45, 7) is 0. The molecule has 0 aromatic heterocycles. The molecule has 0 amide bonds. The molecule has 3 nitrogen and oxygen atoms in total. The Morgan fingerprint density at radius 2 is 1.73 bits per heavy atom. The van der Waals surface area contributed by atoms with Crippen LogP contribution < -0.4 is 4.72 Å². The Kier molecular flexibility index (Phi) is 4.71. The van der Waals surface area contributed by atoms with E-state index in [-0.39, 0.29) is 10.9 Å². The maximum atomic E-state index is 12.5. The van der Waals surface area contributed by atoms with Gasteiger partial charge in [0.2, 0.25) is 10.0 Å². The third-order valence-corrected chi connectivity index (χ3v) is 6.53. The van der Waals surface area contributed by atoms with E-state index in [0.717, 1.165) is 22.6 Å². The van der Waals surface area contributed by atoms with E-state index in [1.54, 1.807) is 23.9 Å². The first kappa shape index (κ1) is 16.1. The van der Waals surface area contributed by atoms with Crippen molar-refractivity contribution in [2.24, 2.45) is 0 Å². The molecule has 0 spiro atoms. The van der Waals surface area contributed by atoms with Crippen molar-refractivity contribution in [2.45, 2.75) is 22.3 Å². The van der Waals surface area contributed by atoms with E-state index in [1.165, 1.54) is 12.1 Å². The van der Waals surface area contributed by atoms with Crippen LogP contribution in [0.2, 0.25) is 10.0 Å². The van der Waals surface area contributed by atoms with Crippen LogP contribution in [0.5, 0.6) is 0 Å². The van der Waals surface area contributed by atoms with Gasteiger partial charge in [-0.05, 0) is 60.2 Å². The van der Waals surface area contributed by atoms with Crippen LogP contribution in [0.3, 0.4) is 0 Å². The fourth-order valence-electron chi connectivity index (χ4n) is 2.36. The van der Waals surface area contributed by atoms with Gasteiger partial charge in [0, 0.05) is 21.0 Å². The highest BCUT2D eigenvalue weighted by Crippen LogP contribution is 2.38. The lowest BCUT2D eigenvalue weighted by Gasteiger charge is -2.26. The number of nitrogens with one attached hydrogen (secondary N) is 1. The maximum Gasteiger partial charge on any atom is 0.241 e. The van der Waals surface area contributed by atoms with Crippen LogP contribution in [-0.4, -0.2) is 14.2 Å². The van der Waals surface area contributed by atoms with Crippen molar-refractivity contribution in [3.63, 3.8) is 0 Å². The highest BCUT2D eigenvalue weighted by atomic mass is 35.5. The maximum absolute atomic E-state index is 12.5. The summed E-state index contributed by atoms with van der Waals surface area (Å²) in [7, 11) is -3.59. The number of hydrogen-bond acceptors (Lipinski definition) is 3. The van der Waals surface area contributed by atoms with Crippen LogP contribution in [0.4, 0.5) is 0 Å². The molecule has 2 aromatic carbocycles. The van der Waals surface area contributed by atoms with Crippen molar-refractivity contribution in [1.29, 1.82) is 0 Å². The van der Waals surface area contributed by atoms with Crippen LogP contribution in [-0.2, 0) is 10.0 Å². The molecule has 7 heteroatoms. The number of sulfonamides is 1. The van der Waals surface area contributed by atoms with Gasteiger partial charge >= 0.3 is 0 Å². The van der Waals surface area contributed by atoms with Gasteiger partial charge in [0.05, 0.1) is 4.90 Å². The van der Waals surface area contributed by atoms with E-state index in [1.807, 2.05) is 18.2 Å². The molecule has 1 N–H and O–H groups in total. The first-order valence-corrected chi connectivity index (χ1v) is 9.88. The minimum absolute atomic E-state index is 0.207. The van der Waals surface area contributed by atoms with Crippen molar-refractivity contribution in [1.82, 2.24) is 4.72 Å². The molecule has 22 heavy (non-hydrogen) atoms.